The van der Waals surface area contributed by atoms with Crippen molar-refractivity contribution >= 4 is 0 Å². The van der Waals surface area contributed by atoms with E-state index in [4.69, 9.17) is 0 Å². The highest BCUT2D eigenvalue weighted by Gasteiger charge is 2.21. The van der Waals surface area contributed by atoms with Gasteiger partial charge in [0.05, 0.1) is 0 Å². The van der Waals surface area contributed by atoms with Crippen molar-refractivity contribution in [2.24, 2.45) is 17.8 Å². The average molecular weight is 248 g/mol. The Bertz CT molecular complexity index is 235. The highest BCUT2D eigenvalue weighted by molar-refractivity contribution is 5.18. The Kier molecular flexibility index (Phi) is 8.13. The molecular formula is C18H32. The third-order valence-electron chi connectivity index (χ3n) is 4.27. The van der Waals surface area contributed by atoms with E-state index in [1.165, 1.54) is 51.4 Å². The lowest BCUT2D eigenvalue weighted by Crippen LogP contribution is -2.16. The number of unbranched alkanes of at least 4 members (excludes halogenated alkanes) is 6. The molecule has 1 rings (SSSR count). The minimum Gasteiger partial charge on any atom is -0.0773 e. The molecule has 0 saturated carbocycles. The van der Waals surface area contributed by atoms with Crippen LogP contribution in [0.4, 0.5) is 0 Å². The minimum absolute atomic E-state index is 0.713. The Morgan fingerprint density at radius 2 is 1.39 bits per heavy atom. The summed E-state index contributed by atoms with van der Waals surface area (Å²) in [6.07, 6.45) is 20.6. The van der Waals surface area contributed by atoms with Gasteiger partial charge in [0.1, 0.15) is 0 Å². The molecule has 0 N–H and O–H groups in total. The van der Waals surface area contributed by atoms with E-state index in [9.17, 15) is 0 Å². The lowest BCUT2D eigenvalue weighted by atomic mass is 9.80. The molecule has 1 aliphatic carbocycles. The van der Waals surface area contributed by atoms with Crippen molar-refractivity contribution < 1.29 is 0 Å². The molecule has 0 aromatic rings. The first-order chi connectivity index (χ1) is 8.75. The Morgan fingerprint density at radius 1 is 0.833 bits per heavy atom. The average Bonchev–Trinajstić information content (AvgIpc) is 2.85. The third-order valence-corrected chi connectivity index (χ3v) is 4.27. The van der Waals surface area contributed by atoms with Crippen molar-refractivity contribution in [3.63, 3.8) is 0 Å². The minimum atomic E-state index is 0.713. The first-order valence-electron chi connectivity index (χ1n) is 8.10. The fourth-order valence-corrected chi connectivity index (χ4v) is 3.04. The van der Waals surface area contributed by atoms with Gasteiger partial charge in [-0.15, -0.1) is 0 Å². The molecule has 0 heteroatoms. The number of hydrogen-bond acceptors (Lipinski definition) is 0. The smallest absolute Gasteiger partial charge is 0.00165 e. The molecule has 0 radical (unpaired) electrons. The molecule has 0 heterocycles. The number of rotatable bonds is 10. The van der Waals surface area contributed by atoms with Crippen LogP contribution in [0.3, 0.4) is 0 Å². The molecule has 0 fully saturated rings. The highest BCUT2D eigenvalue weighted by atomic mass is 14.3. The van der Waals surface area contributed by atoms with E-state index in [1.807, 2.05) is 0 Å². The van der Waals surface area contributed by atoms with Crippen LogP contribution in [0, 0.1) is 17.8 Å². The zero-order chi connectivity index (χ0) is 13.2. The van der Waals surface area contributed by atoms with Gasteiger partial charge in [0.2, 0.25) is 0 Å². The van der Waals surface area contributed by atoms with Crippen molar-refractivity contribution in [2.75, 3.05) is 0 Å². The van der Waals surface area contributed by atoms with Crippen molar-refractivity contribution in [1.82, 2.24) is 0 Å². The van der Waals surface area contributed by atoms with Gasteiger partial charge in [0.25, 0.3) is 0 Å². The molecule has 0 saturated heterocycles. The van der Waals surface area contributed by atoms with E-state index in [2.05, 4.69) is 45.1 Å². The van der Waals surface area contributed by atoms with Crippen molar-refractivity contribution in [3.8, 4) is 0 Å². The van der Waals surface area contributed by atoms with Crippen LogP contribution in [0.2, 0.25) is 0 Å². The van der Waals surface area contributed by atoms with Crippen LogP contribution in [0.25, 0.3) is 0 Å². The van der Waals surface area contributed by atoms with Crippen molar-refractivity contribution in [1.29, 1.82) is 0 Å². The molecule has 0 aliphatic heterocycles. The molecule has 0 spiro atoms. The molecule has 18 heavy (non-hydrogen) atoms. The van der Waals surface area contributed by atoms with E-state index >= 15 is 0 Å². The Morgan fingerprint density at radius 3 is 1.94 bits per heavy atom. The van der Waals surface area contributed by atoms with Crippen LogP contribution in [0.15, 0.2) is 24.3 Å². The van der Waals surface area contributed by atoms with E-state index in [1.54, 1.807) is 0 Å². The fourth-order valence-electron chi connectivity index (χ4n) is 3.04. The van der Waals surface area contributed by atoms with Gasteiger partial charge in [0, 0.05) is 0 Å². The molecule has 0 amide bonds. The third kappa shape index (κ3) is 5.89. The van der Waals surface area contributed by atoms with Crippen LogP contribution in [0.5, 0.6) is 0 Å². The van der Waals surface area contributed by atoms with Gasteiger partial charge < -0.3 is 0 Å². The van der Waals surface area contributed by atoms with E-state index in [0.29, 0.717) is 5.92 Å². The van der Waals surface area contributed by atoms with Crippen LogP contribution in [-0.4, -0.2) is 0 Å². The Balaban J connectivity index is 2.11. The van der Waals surface area contributed by atoms with Gasteiger partial charge in [-0.25, -0.2) is 0 Å². The topological polar surface area (TPSA) is 0 Å². The van der Waals surface area contributed by atoms with Crippen LogP contribution in [0.1, 0.15) is 72.1 Å². The maximum Gasteiger partial charge on any atom is -0.00165 e. The van der Waals surface area contributed by atoms with Crippen molar-refractivity contribution in [2.45, 2.75) is 72.1 Å². The van der Waals surface area contributed by atoms with Gasteiger partial charge in [-0.05, 0) is 24.2 Å². The summed E-state index contributed by atoms with van der Waals surface area (Å²) in [7, 11) is 0. The fraction of sp³-hybridized carbons (Fsp3) is 0.778. The second-order valence-corrected chi connectivity index (χ2v) is 6.17. The summed E-state index contributed by atoms with van der Waals surface area (Å²) in [4.78, 5) is 0. The molecule has 0 aromatic heterocycles. The summed E-state index contributed by atoms with van der Waals surface area (Å²) in [6, 6.07) is 0. The molecule has 0 aromatic carbocycles. The van der Waals surface area contributed by atoms with Gasteiger partial charge in [-0.1, -0.05) is 90.0 Å². The largest absolute Gasteiger partial charge is 0.0773 e. The standard InChI is InChI=1S/C18H32/c1-4-5-6-7-8-9-10-15-18(16(2)3)17-13-11-12-14-17/h11-14,16-18H,4-10,15H2,1-3H3. The summed E-state index contributed by atoms with van der Waals surface area (Å²) in [6.45, 7) is 7.05. The van der Waals surface area contributed by atoms with Crippen LogP contribution >= 0.6 is 0 Å². The zero-order valence-corrected chi connectivity index (χ0v) is 12.7. The molecule has 0 nitrogen and oxygen atoms in total. The lowest BCUT2D eigenvalue weighted by molar-refractivity contribution is 0.303. The quantitative estimate of drug-likeness (QED) is 0.407. The van der Waals surface area contributed by atoms with E-state index in [0.717, 1.165) is 11.8 Å². The summed E-state index contributed by atoms with van der Waals surface area (Å²) in [5, 5.41) is 0. The summed E-state index contributed by atoms with van der Waals surface area (Å²) in [5.41, 5.74) is 0. The second-order valence-electron chi connectivity index (χ2n) is 6.17. The van der Waals surface area contributed by atoms with Gasteiger partial charge in [0.15, 0.2) is 0 Å². The number of allylic oxidation sites excluding steroid dienone is 4. The van der Waals surface area contributed by atoms with Gasteiger partial charge in [-0.2, -0.15) is 0 Å². The monoisotopic (exact) mass is 248 g/mol. The molecular weight excluding hydrogens is 216 g/mol. The van der Waals surface area contributed by atoms with E-state index in [-0.39, 0.29) is 0 Å². The first kappa shape index (κ1) is 15.5. The molecule has 1 unspecified atom stereocenters. The number of hydrogen-bond donors (Lipinski definition) is 0. The Labute approximate surface area is 115 Å². The first-order valence-corrected chi connectivity index (χ1v) is 8.10. The normalized spacial score (nSPS) is 16.9. The predicted octanol–water partition coefficient (Wildman–Crippen LogP) is 6.14. The highest BCUT2D eigenvalue weighted by Crippen LogP contribution is 2.31. The van der Waals surface area contributed by atoms with Gasteiger partial charge >= 0.3 is 0 Å². The summed E-state index contributed by atoms with van der Waals surface area (Å²) >= 11 is 0. The van der Waals surface area contributed by atoms with Gasteiger partial charge in [-0.3, -0.25) is 0 Å². The molecule has 1 atom stereocenters. The van der Waals surface area contributed by atoms with E-state index < -0.39 is 0 Å². The Hall–Kier alpha value is -0.520. The second kappa shape index (κ2) is 9.42. The van der Waals surface area contributed by atoms with Crippen LogP contribution in [-0.2, 0) is 0 Å². The zero-order valence-electron chi connectivity index (χ0n) is 12.7. The molecule has 104 valence electrons. The molecule has 0 bridgehead atoms. The SMILES string of the molecule is CCCCCCCCCC(C(C)C)C1C=CC=C1. The maximum absolute atomic E-state index is 2.38. The lowest BCUT2D eigenvalue weighted by Gasteiger charge is -2.25. The maximum atomic E-state index is 2.38. The van der Waals surface area contributed by atoms with Crippen LogP contribution < -0.4 is 0 Å². The summed E-state index contributed by atoms with van der Waals surface area (Å²) < 4.78 is 0. The predicted molar refractivity (Wildman–Crippen MR) is 82.7 cm³/mol. The van der Waals surface area contributed by atoms with Crippen molar-refractivity contribution in [3.05, 3.63) is 24.3 Å². The molecule has 1 aliphatic rings. The summed E-state index contributed by atoms with van der Waals surface area (Å²) in [5.74, 6) is 2.38.